The van der Waals surface area contributed by atoms with Crippen molar-refractivity contribution in [3.05, 3.63) is 40.3 Å². The number of para-hydroxylation sites is 2. The van der Waals surface area contributed by atoms with Gasteiger partial charge in [0.25, 0.3) is 5.56 Å². The first-order chi connectivity index (χ1) is 12.6. The highest BCUT2D eigenvalue weighted by Gasteiger charge is 2.41. The molecule has 1 spiro atoms. The van der Waals surface area contributed by atoms with Crippen molar-refractivity contribution >= 4 is 16.9 Å². The van der Waals surface area contributed by atoms with Crippen LogP contribution in [0.5, 0.6) is 0 Å². The lowest BCUT2D eigenvalue weighted by Gasteiger charge is -2.32. The molecule has 0 unspecified atom stereocenters. The number of carbonyl (C=O) groups excluding carboxylic acids is 1. The lowest BCUT2D eigenvalue weighted by molar-refractivity contribution is -0.121. The number of benzene rings is 1. The van der Waals surface area contributed by atoms with E-state index in [9.17, 15) is 9.59 Å². The van der Waals surface area contributed by atoms with Crippen LogP contribution in [0.4, 0.5) is 0 Å². The average molecular weight is 355 g/mol. The molecule has 2 N–H and O–H groups in total. The predicted octanol–water partition coefficient (Wildman–Crippen LogP) is 2.46. The molecule has 1 aromatic carbocycles. The van der Waals surface area contributed by atoms with Crippen LogP contribution in [0, 0.1) is 0 Å². The summed E-state index contributed by atoms with van der Waals surface area (Å²) in [4.78, 5) is 31.7. The molecule has 1 saturated heterocycles. The molecule has 26 heavy (non-hydrogen) atoms. The molecule has 6 nitrogen and oxygen atoms in total. The van der Waals surface area contributed by atoms with Gasteiger partial charge in [-0.15, -0.1) is 0 Å². The van der Waals surface area contributed by atoms with Crippen LogP contribution < -0.4 is 10.9 Å². The molecule has 2 fully saturated rings. The van der Waals surface area contributed by atoms with Crippen LogP contribution in [0.25, 0.3) is 11.0 Å². The molecule has 2 aromatic rings. The number of carbonyl (C=O) groups is 1. The zero-order chi connectivity index (χ0) is 18.0. The molecule has 4 rings (SSSR count). The van der Waals surface area contributed by atoms with Crippen LogP contribution >= 0.6 is 0 Å². The van der Waals surface area contributed by atoms with Crippen molar-refractivity contribution < 1.29 is 9.53 Å². The summed E-state index contributed by atoms with van der Waals surface area (Å²) in [6, 6.07) is 7.50. The Morgan fingerprint density at radius 1 is 1.27 bits per heavy atom. The SMILES string of the molecule is O=C(CCc1nc2ccccc2[nH]c1=O)N[C@H]1COC2(CCCCC2)C1. The molecule has 0 radical (unpaired) electrons. The first-order valence-electron chi connectivity index (χ1n) is 9.55. The Bertz CT molecular complexity index is 855. The van der Waals surface area contributed by atoms with Gasteiger partial charge in [0.15, 0.2) is 0 Å². The molecule has 1 aliphatic heterocycles. The molecule has 2 heterocycles. The topological polar surface area (TPSA) is 84.1 Å². The highest BCUT2D eigenvalue weighted by Crippen LogP contribution is 2.39. The fourth-order valence-corrected chi connectivity index (χ4v) is 4.25. The lowest BCUT2D eigenvalue weighted by atomic mass is 9.82. The van der Waals surface area contributed by atoms with Crippen molar-refractivity contribution in [1.29, 1.82) is 0 Å². The first-order valence-corrected chi connectivity index (χ1v) is 9.55. The number of hydrogen-bond donors (Lipinski definition) is 2. The summed E-state index contributed by atoms with van der Waals surface area (Å²) in [5.74, 6) is -0.0409. The Kier molecular flexibility index (Phi) is 4.76. The van der Waals surface area contributed by atoms with Crippen LogP contribution in [-0.2, 0) is 16.0 Å². The van der Waals surface area contributed by atoms with Crippen LogP contribution in [0.2, 0.25) is 0 Å². The van der Waals surface area contributed by atoms with E-state index < -0.39 is 0 Å². The number of ether oxygens (including phenoxy) is 1. The smallest absolute Gasteiger partial charge is 0.270 e. The molecule has 6 heteroatoms. The van der Waals surface area contributed by atoms with E-state index in [1.807, 2.05) is 24.3 Å². The van der Waals surface area contributed by atoms with E-state index >= 15 is 0 Å². The Morgan fingerprint density at radius 3 is 2.92 bits per heavy atom. The van der Waals surface area contributed by atoms with Crippen LogP contribution in [0.1, 0.15) is 50.6 Å². The highest BCUT2D eigenvalue weighted by molar-refractivity contribution is 5.77. The quantitative estimate of drug-likeness (QED) is 0.882. The van der Waals surface area contributed by atoms with Gasteiger partial charge in [0.2, 0.25) is 5.91 Å². The number of aryl methyl sites for hydroxylation is 1. The third-order valence-corrected chi connectivity index (χ3v) is 5.60. The van der Waals surface area contributed by atoms with Gasteiger partial charge in [-0.3, -0.25) is 9.59 Å². The predicted molar refractivity (Wildman–Crippen MR) is 99.0 cm³/mol. The Morgan fingerprint density at radius 2 is 2.08 bits per heavy atom. The van der Waals surface area contributed by atoms with Gasteiger partial charge in [0.05, 0.1) is 29.3 Å². The number of nitrogens with one attached hydrogen (secondary N) is 2. The van der Waals surface area contributed by atoms with Gasteiger partial charge in [-0.2, -0.15) is 0 Å². The van der Waals surface area contributed by atoms with Crippen LogP contribution in [0.15, 0.2) is 29.1 Å². The third kappa shape index (κ3) is 3.65. The minimum absolute atomic E-state index is 0.00670. The molecule has 1 saturated carbocycles. The molecular formula is C20H25N3O3. The number of fused-ring (bicyclic) bond motifs is 1. The maximum atomic E-state index is 12.3. The number of rotatable bonds is 4. The van der Waals surface area contributed by atoms with E-state index in [4.69, 9.17) is 4.74 Å². The monoisotopic (exact) mass is 355 g/mol. The molecule has 138 valence electrons. The minimum atomic E-state index is -0.221. The van der Waals surface area contributed by atoms with Gasteiger partial charge in [-0.05, 0) is 31.4 Å². The summed E-state index contributed by atoms with van der Waals surface area (Å²) in [5.41, 5.74) is 1.64. The van der Waals surface area contributed by atoms with Gasteiger partial charge in [-0.25, -0.2) is 4.98 Å². The number of nitrogens with zero attached hydrogens (tertiary/aromatic N) is 1. The van der Waals surface area contributed by atoms with Gasteiger partial charge < -0.3 is 15.0 Å². The second-order valence-corrected chi connectivity index (χ2v) is 7.55. The molecule has 0 bridgehead atoms. The van der Waals surface area contributed by atoms with Crippen LogP contribution in [-0.4, -0.2) is 34.1 Å². The molecule has 2 aliphatic rings. The van der Waals surface area contributed by atoms with Crippen molar-refractivity contribution in [2.45, 2.75) is 63.0 Å². The Hall–Kier alpha value is -2.21. The first kappa shape index (κ1) is 17.2. The number of aromatic nitrogens is 2. The largest absolute Gasteiger partial charge is 0.373 e. The summed E-state index contributed by atoms with van der Waals surface area (Å²) >= 11 is 0. The van der Waals surface area contributed by atoms with E-state index in [0.29, 0.717) is 24.2 Å². The van der Waals surface area contributed by atoms with Crippen molar-refractivity contribution in [3.8, 4) is 0 Å². The maximum absolute atomic E-state index is 12.3. The summed E-state index contributed by atoms with van der Waals surface area (Å²) in [5, 5.41) is 3.07. The molecule has 1 aliphatic carbocycles. The second-order valence-electron chi connectivity index (χ2n) is 7.55. The lowest BCUT2D eigenvalue weighted by Crippen LogP contribution is -2.37. The van der Waals surface area contributed by atoms with Gasteiger partial charge in [0.1, 0.15) is 5.69 Å². The molecule has 1 aromatic heterocycles. The van der Waals surface area contributed by atoms with Crippen molar-refractivity contribution in [2.24, 2.45) is 0 Å². The van der Waals surface area contributed by atoms with Gasteiger partial charge >= 0.3 is 0 Å². The summed E-state index contributed by atoms with van der Waals surface area (Å²) in [6.45, 7) is 0.598. The molecular weight excluding hydrogens is 330 g/mol. The van der Waals surface area contributed by atoms with E-state index in [-0.39, 0.29) is 29.5 Å². The molecule has 1 atom stereocenters. The number of hydrogen-bond acceptors (Lipinski definition) is 4. The fraction of sp³-hybridized carbons (Fsp3) is 0.550. The zero-order valence-corrected chi connectivity index (χ0v) is 14.9. The van der Waals surface area contributed by atoms with Crippen molar-refractivity contribution in [3.63, 3.8) is 0 Å². The van der Waals surface area contributed by atoms with Gasteiger partial charge in [-0.1, -0.05) is 31.4 Å². The zero-order valence-electron chi connectivity index (χ0n) is 14.9. The number of H-pyrrole nitrogens is 1. The highest BCUT2D eigenvalue weighted by atomic mass is 16.5. The van der Waals surface area contributed by atoms with Crippen molar-refractivity contribution in [2.75, 3.05) is 6.61 Å². The third-order valence-electron chi connectivity index (χ3n) is 5.60. The summed E-state index contributed by atoms with van der Waals surface area (Å²) in [6.07, 6.45) is 7.45. The number of aromatic amines is 1. The fourth-order valence-electron chi connectivity index (χ4n) is 4.25. The normalized spacial score (nSPS) is 21.9. The Labute approximate surface area is 152 Å². The maximum Gasteiger partial charge on any atom is 0.270 e. The van der Waals surface area contributed by atoms with Crippen LogP contribution in [0.3, 0.4) is 0 Å². The van der Waals surface area contributed by atoms with E-state index in [1.165, 1.54) is 19.3 Å². The second kappa shape index (κ2) is 7.19. The van der Waals surface area contributed by atoms with E-state index in [1.54, 1.807) is 0 Å². The standard InChI is InChI=1S/C20H25N3O3/c24-18(21-14-12-20(26-13-14)10-4-1-5-11-20)9-8-17-19(25)23-16-7-3-2-6-15(16)22-17/h2-3,6-7,14H,1,4-5,8-13H2,(H,21,24)(H,23,25)/t14-/m1/s1. The molecule has 1 amide bonds. The number of amides is 1. The summed E-state index contributed by atoms with van der Waals surface area (Å²) < 4.78 is 6.04. The van der Waals surface area contributed by atoms with Crippen molar-refractivity contribution in [1.82, 2.24) is 15.3 Å². The summed E-state index contributed by atoms with van der Waals surface area (Å²) in [7, 11) is 0. The van der Waals surface area contributed by atoms with Gasteiger partial charge in [0, 0.05) is 12.8 Å². The van der Waals surface area contributed by atoms with E-state index in [0.717, 1.165) is 24.8 Å². The Balaban J connectivity index is 1.33. The minimum Gasteiger partial charge on any atom is -0.373 e. The average Bonchev–Trinajstić information content (AvgIpc) is 3.02. The van der Waals surface area contributed by atoms with E-state index in [2.05, 4.69) is 15.3 Å².